The van der Waals surface area contributed by atoms with Gasteiger partial charge in [-0.3, -0.25) is 0 Å². The minimum atomic E-state index is 0.164. The Labute approximate surface area is 104 Å². The zero-order valence-corrected chi connectivity index (χ0v) is 10.1. The summed E-state index contributed by atoms with van der Waals surface area (Å²) in [6.45, 7) is 2.06. The van der Waals surface area contributed by atoms with E-state index >= 15 is 0 Å². The van der Waals surface area contributed by atoms with Crippen LogP contribution in [-0.2, 0) is 0 Å². The van der Waals surface area contributed by atoms with Crippen molar-refractivity contribution in [3.8, 4) is 12.3 Å². The van der Waals surface area contributed by atoms with Crippen molar-refractivity contribution >= 4 is 28.6 Å². The Morgan fingerprint density at radius 2 is 2.41 bits per heavy atom. The summed E-state index contributed by atoms with van der Waals surface area (Å²) in [5.41, 5.74) is 1.29. The lowest BCUT2D eigenvalue weighted by molar-refractivity contribution is 0.712. The van der Waals surface area contributed by atoms with Gasteiger partial charge in [-0.2, -0.15) is 9.97 Å². The van der Waals surface area contributed by atoms with E-state index in [0.29, 0.717) is 17.9 Å². The second-order valence-electron chi connectivity index (χ2n) is 3.60. The molecule has 0 radical (unpaired) electrons. The molecule has 0 bridgehead atoms. The Morgan fingerprint density at radius 3 is 3.12 bits per heavy atom. The van der Waals surface area contributed by atoms with Gasteiger partial charge in [0.05, 0.1) is 6.33 Å². The van der Waals surface area contributed by atoms with Crippen LogP contribution in [0.5, 0.6) is 0 Å². The van der Waals surface area contributed by atoms with E-state index in [-0.39, 0.29) is 11.3 Å². The standard InChI is InChI=1S/C11H12ClN5/c1-3-5-7(4-2)15-10-8-9(14-6-13-8)16-11(12)17-10/h1,6-7H,4-5H2,2H3,(H2,13,14,15,16,17). The lowest BCUT2D eigenvalue weighted by Crippen LogP contribution is -2.18. The second kappa shape index (κ2) is 5.02. The molecule has 6 heteroatoms. The maximum absolute atomic E-state index is 5.83. The number of terminal acetylenes is 1. The van der Waals surface area contributed by atoms with Crippen molar-refractivity contribution < 1.29 is 0 Å². The van der Waals surface area contributed by atoms with Gasteiger partial charge < -0.3 is 10.3 Å². The molecular weight excluding hydrogens is 238 g/mol. The number of nitrogens with zero attached hydrogens (tertiary/aromatic N) is 3. The van der Waals surface area contributed by atoms with Crippen molar-refractivity contribution in [3.63, 3.8) is 0 Å². The summed E-state index contributed by atoms with van der Waals surface area (Å²) in [4.78, 5) is 15.2. The van der Waals surface area contributed by atoms with Gasteiger partial charge in [-0.05, 0) is 18.0 Å². The Balaban J connectivity index is 2.34. The minimum absolute atomic E-state index is 0.164. The fourth-order valence-electron chi connectivity index (χ4n) is 1.54. The fraction of sp³-hybridized carbons (Fsp3) is 0.364. The zero-order chi connectivity index (χ0) is 12.3. The van der Waals surface area contributed by atoms with Crippen LogP contribution in [0.25, 0.3) is 11.2 Å². The van der Waals surface area contributed by atoms with Crippen molar-refractivity contribution in [1.82, 2.24) is 19.9 Å². The van der Waals surface area contributed by atoms with Crippen LogP contribution in [-0.4, -0.2) is 26.0 Å². The highest BCUT2D eigenvalue weighted by molar-refractivity contribution is 6.28. The lowest BCUT2D eigenvalue weighted by atomic mass is 10.1. The first-order chi connectivity index (χ1) is 8.24. The maximum atomic E-state index is 5.83. The smallest absolute Gasteiger partial charge is 0.226 e. The molecule has 2 heterocycles. The highest BCUT2D eigenvalue weighted by Gasteiger charge is 2.12. The highest BCUT2D eigenvalue weighted by atomic mass is 35.5. The van der Waals surface area contributed by atoms with E-state index < -0.39 is 0 Å². The molecule has 0 fully saturated rings. The molecule has 2 N–H and O–H groups in total. The molecule has 0 amide bonds. The minimum Gasteiger partial charge on any atom is -0.364 e. The number of rotatable bonds is 4. The topological polar surface area (TPSA) is 66.5 Å². The summed E-state index contributed by atoms with van der Waals surface area (Å²) < 4.78 is 0. The summed E-state index contributed by atoms with van der Waals surface area (Å²) in [7, 11) is 0. The van der Waals surface area contributed by atoms with Gasteiger partial charge in [-0.15, -0.1) is 12.3 Å². The number of anilines is 1. The summed E-state index contributed by atoms with van der Waals surface area (Å²) in [5, 5.41) is 3.42. The van der Waals surface area contributed by atoms with Crippen LogP contribution in [0, 0.1) is 12.3 Å². The molecule has 0 aliphatic carbocycles. The van der Waals surface area contributed by atoms with Crippen LogP contribution < -0.4 is 5.32 Å². The number of aromatic amines is 1. The number of imidazole rings is 1. The number of H-pyrrole nitrogens is 1. The van der Waals surface area contributed by atoms with Gasteiger partial charge in [0, 0.05) is 12.5 Å². The quantitative estimate of drug-likeness (QED) is 0.644. The van der Waals surface area contributed by atoms with Gasteiger partial charge in [-0.1, -0.05) is 6.92 Å². The average Bonchev–Trinajstić information content (AvgIpc) is 2.76. The number of aromatic nitrogens is 4. The van der Waals surface area contributed by atoms with E-state index in [1.165, 1.54) is 0 Å². The lowest BCUT2D eigenvalue weighted by Gasteiger charge is -2.15. The molecule has 5 nitrogen and oxygen atoms in total. The predicted octanol–water partition coefficient (Wildman–Crippen LogP) is 2.22. The largest absolute Gasteiger partial charge is 0.364 e. The molecule has 0 aliphatic rings. The summed E-state index contributed by atoms with van der Waals surface area (Å²) in [6, 6.07) is 0.164. The van der Waals surface area contributed by atoms with Gasteiger partial charge in [0.25, 0.3) is 0 Å². The van der Waals surface area contributed by atoms with Crippen LogP contribution in [0.15, 0.2) is 6.33 Å². The number of nitrogens with one attached hydrogen (secondary N) is 2. The number of hydrogen-bond acceptors (Lipinski definition) is 4. The molecule has 0 spiro atoms. The van der Waals surface area contributed by atoms with Crippen LogP contribution in [0.3, 0.4) is 0 Å². The van der Waals surface area contributed by atoms with Gasteiger partial charge >= 0.3 is 0 Å². The van der Waals surface area contributed by atoms with E-state index in [0.717, 1.165) is 11.9 Å². The van der Waals surface area contributed by atoms with Gasteiger partial charge in [-0.25, -0.2) is 4.98 Å². The Kier molecular flexibility index (Phi) is 3.45. The van der Waals surface area contributed by atoms with Crippen LogP contribution >= 0.6 is 11.6 Å². The molecule has 0 saturated heterocycles. The normalized spacial score (nSPS) is 12.3. The Bertz CT molecular complexity index is 556. The SMILES string of the molecule is C#CCC(CC)Nc1nc(Cl)nc2nc[nH]c12. The zero-order valence-electron chi connectivity index (χ0n) is 9.37. The molecule has 2 rings (SSSR count). The molecule has 88 valence electrons. The molecular formula is C11H12ClN5. The van der Waals surface area contributed by atoms with E-state index in [9.17, 15) is 0 Å². The van der Waals surface area contributed by atoms with Crippen molar-refractivity contribution in [2.75, 3.05) is 5.32 Å². The molecule has 2 aromatic heterocycles. The van der Waals surface area contributed by atoms with Gasteiger partial charge in [0.15, 0.2) is 11.5 Å². The van der Waals surface area contributed by atoms with E-state index in [1.807, 2.05) is 0 Å². The maximum Gasteiger partial charge on any atom is 0.226 e. The molecule has 1 atom stereocenters. The second-order valence-corrected chi connectivity index (χ2v) is 3.94. The predicted molar refractivity (Wildman–Crippen MR) is 67.8 cm³/mol. The average molecular weight is 250 g/mol. The highest BCUT2D eigenvalue weighted by Crippen LogP contribution is 2.20. The number of hydrogen-bond donors (Lipinski definition) is 2. The van der Waals surface area contributed by atoms with Crippen molar-refractivity contribution in [3.05, 3.63) is 11.6 Å². The third-order valence-corrected chi connectivity index (χ3v) is 2.63. The summed E-state index contributed by atoms with van der Waals surface area (Å²) >= 11 is 5.83. The third-order valence-electron chi connectivity index (χ3n) is 2.46. The van der Waals surface area contributed by atoms with Crippen molar-refractivity contribution in [2.45, 2.75) is 25.8 Å². The molecule has 2 aromatic rings. The monoisotopic (exact) mass is 249 g/mol. The first kappa shape index (κ1) is 11.7. The van der Waals surface area contributed by atoms with Gasteiger partial charge in [0.1, 0.15) is 5.52 Å². The van der Waals surface area contributed by atoms with E-state index in [4.69, 9.17) is 18.0 Å². The Hall–Kier alpha value is -1.80. The van der Waals surface area contributed by atoms with Crippen molar-refractivity contribution in [2.24, 2.45) is 0 Å². The summed E-state index contributed by atoms with van der Waals surface area (Å²) in [6.07, 6.45) is 8.41. The molecule has 0 aromatic carbocycles. The first-order valence-corrected chi connectivity index (χ1v) is 5.69. The summed E-state index contributed by atoms with van der Waals surface area (Å²) in [5.74, 6) is 3.27. The van der Waals surface area contributed by atoms with E-state index in [1.54, 1.807) is 6.33 Å². The van der Waals surface area contributed by atoms with Crippen LogP contribution in [0.2, 0.25) is 5.28 Å². The van der Waals surface area contributed by atoms with Gasteiger partial charge in [0.2, 0.25) is 5.28 Å². The fourth-order valence-corrected chi connectivity index (χ4v) is 1.71. The number of halogens is 1. The molecule has 0 saturated carbocycles. The number of fused-ring (bicyclic) bond motifs is 1. The first-order valence-electron chi connectivity index (χ1n) is 5.31. The third kappa shape index (κ3) is 2.48. The molecule has 1 unspecified atom stereocenters. The van der Waals surface area contributed by atoms with E-state index in [2.05, 4.69) is 38.1 Å². The Morgan fingerprint density at radius 1 is 1.59 bits per heavy atom. The van der Waals surface area contributed by atoms with Crippen LogP contribution in [0.4, 0.5) is 5.82 Å². The van der Waals surface area contributed by atoms with Crippen LogP contribution in [0.1, 0.15) is 19.8 Å². The molecule has 0 aliphatic heterocycles. The van der Waals surface area contributed by atoms with Crippen molar-refractivity contribution in [1.29, 1.82) is 0 Å². The molecule has 17 heavy (non-hydrogen) atoms.